The third-order valence-corrected chi connectivity index (χ3v) is 5.81. The molecule has 8 heteroatoms. The van der Waals surface area contributed by atoms with Crippen LogP contribution in [0.1, 0.15) is 12.5 Å². The molecule has 0 saturated carbocycles. The minimum atomic E-state index is -1.02. The summed E-state index contributed by atoms with van der Waals surface area (Å²) in [7, 11) is 1.62. The van der Waals surface area contributed by atoms with Crippen LogP contribution in [0, 0.1) is 0 Å². The molecule has 1 aliphatic heterocycles. The van der Waals surface area contributed by atoms with Crippen molar-refractivity contribution in [3.05, 3.63) is 61.0 Å². The number of likely N-dealkylation sites (N-methyl/N-ethyl adjacent to an activating group) is 1. The van der Waals surface area contributed by atoms with E-state index in [-0.39, 0.29) is 5.91 Å². The number of halogens is 4. The highest BCUT2D eigenvalue weighted by Crippen LogP contribution is 2.36. The van der Waals surface area contributed by atoms with Gasteiger partial charge in [0, 0.05) is 32.5 Å². The number of carbonyl (C=O) groups is 2. The van der Waals surface area contributed by atoms with Gasteiger partial charge in [-0.25, -0.2) is 9.69 Å². The maximum Gasteiger partial charge on any atom is 0.332 e. The summed E-state index contributed by atoms with van der Waals surface area (Å²) in [6, 6.07) is 10.0. The van der Waals surface area contributed by atoms with E-state index < -0.39 is 11.6 Å². The monoisotopic (exact) mass is 518 g/mol. The Bertz CT molecular complexity index is 882. The minimum Gasteiger partial charge on any atom is -0.312 e. The fourth-order valence-electron chi connectivity index (χ4n) is 3.03. The van der Waals surface area contributed by atoms with E-state index in [1.165, 1.54) is 4.90 Å². The van der Waals surface area contributed by atoms with Crippen LogP contribution in [-0.2, 0) is 11.2 Å². The van der Waals surface area contributed by atoms with Crippen LogP contribution in [0.25, 0.3) is 0 Å². The summed E-state index contributed by atoms with van der Waals surface area (Å²) in [4.78, 5) is 28.6. The van der Waals surface area contributed by atoms with E-state index in [0.29, 0.717) is 22.2 Å². The van der Waals surface area contributed by atoms with Crippen molar-refractivity contribution in [3.8, 4) is 0 Å². The molecule has 0 N–H and O–H groups in total. The first-order chi connectivity index (χ1) is 12.1. The van der Waals surface area contributed by atoms with E-state index in [9.17, 15) is 9.59 Å². The number of nitrogens with zero attached hydrogens (tertiary/aromatic N) is 2. The number of amides is 3. The highest BCUT2D eigenvalue weighted by Gasteiger charge is 2.53. The second-order valence-electron chi connectivity index (χ2n) is 6.34. The van der Waals surface area contributed by atoms with Crippen molar-refractivity contribution in [2.75, 3.05) is 11.9 Å². The molecule has 26 heavy (non-hydrogen) atoms. The predicted octanol–water partition coefficient (Wildman–Crippen LogP) is 5.92. The number of hydrogen-bond acceptors (Lipinski definition) is 2. The van der Waals surface area contributed by atoms with Gasteiger partial charge in [-0.15, -0.1) is 0 Å². The molecular formula is C18H14Br2Cl2N2O2. The molecule has 0 aliphatic carbocycles. The number of carbonyl (C=O) groups excluding carboxylic acids is 2. The van der Waals surface area contributed by atoms with Crippen LogP contribution in [0.4, 0.5) is 10.5 Å². The topological polar surface area (TPSA) is 40.6 Å². The quantitative estimate of drug-likeness (QED) is 0.471. The lowest BCUT2D eigenvalue weighted by molar-refractivity contribution is -0.123. The fourth-order valence-corrected chi connectivity index (χ4v) is 4.94. The van der Waals surface area contributed by atoms with Gasteiger partial charge < -0.3 is 4.90 Å². The van der Waals surface area contributed by atoms with Crippen LogP contribution in [0.2, 0.25) is 10.0 Å². The smallest absolute Gasteiger partial charge is 0.312 e. The summed E-state index contributed by atoms with van der Waals surface area (Å²) in [6.45, 7) is 1.76. The third kappa shape index (κ3) is 3.52. The van der Waals surface area contributed by atoms with Gasteiger partial charge in [-0.05, 0) is 48.9 Å². The van der Waals surface area contributed by atoms with Crippen LogP contribution in [0.3, 0.4) is 0 Å². The molecule has 2 aromatic rings. The van der Waals surface area contributed by atoms with Gasteiger partial charge in [0.1, 0.15) is 5.54 Å². The molecule has 1 unspecified atom stereocenters. The maximum atomic E-state index is 13.2. The highest BCUT2D eigenvalue weighted by atomic mass is 79.9. The van der Waals surface area contributed by atoms with Gasteiger partial charge in [-0.2, -0.15) is 0 Å². The first kappa shape index (κ1) is 19.7. The van der Waals surface area contributed by atoms with E-state index in [4.69, 9.17) is 23.2 Å². The number of anilines is 1. The Kier molecular flexibility index (Phi) is 5.41. The summed E-state index contributed by atoms with van der Waals surface area (Å²) in [5.74, 6) is -0.320. The van der Waals surface area contributed by atoms with Crippen molar-refractivity contribution >= 4 is 72.7 Å². The molecule has 136 valence electrons. The lowest BCUT2D eigenvalue weighted by atomic mass is 9.91. The fraction of sp³-hybridized carbons (Fsp3) is 0.222. The number of benzene rings is 2. The average molecular weight is 521 g/mol. The van der Waals surface area contributed by atoms with Crippen molar-refractivity contribution < 1.29 is 9.59 Å². The van der Waals surface area contributed by atoms with Crippen molar-refractivity contribution in [2.45, 2.75) is 18.9 Å². The second-order valence-corrected chi connectivity index (χ2v) is 9.04. The summed E-state index contributed by atoms with van der Waals surface area (Å²) >= 11 is 19.0. The van der Waals surface area contributed by atoms with Crippen molar-refractivity contribution in [2.24, 2.45) is 0 Å². The van der Waals surface area contributed by atoms with Crippen molar-refractivity contribution in [1.29, 1.82) is 0 Å². The van der Waals surface area contributed by atoms with E-state index in [0.717, 1.165) is 19.4 Å². The summed E-state index contributed by atoms with van der Waals surface area (Å²) in [6.07, 6.45) is 0.372. The van der Waals surface area contributed by atoms with E-state index in [2.05, 4.69) is 31.9 Å². The lowest BCUT2D eigenvalue weighted by Crippen LogP contribution is -2.47. The van der Waals surface area contributed by atoms with Gasteiger partial charge >= 0.3 is 6.03 Å². The van der Waals surface area contributed by atoms with Crippen molar-refractivity contribution in [1.82, 2.24) is 4.90 Å². The number of hydrogen-bond donors (Lipinski definition) is 0. The van der Waals surface area contributed by atoms with Gasteiger partial charge in [0.2, 0.25) is 0 Å². The van der Waals surface area contributed by atoms with Gasteiger partial charge in [-0.1, -0.05) is 55.1 Å². The first-order valence-corrected chi connectivity index (χ1v) is 9.99. The van der Waals surface area contributed by atoms with Crippen LogP contribution < -0.4 is 4.90 Å². The molecule has 0 bridgehead atoms. The van der Waals surface area contributed by atoms with Gasteiger partial charge in [0.15, 0.2) is 0 Å². The molecule has 1 aliphatic rings. The first-order valence-electron chi connectivity index (χ1n) is 7.65. The Balaban J connectivity index is 2.00. The summed E-state index contributed by atoms with van der Waals surface area (Å²) in [5, 5.41) is 0.723. The van der Waals surface area contributed by atoms with Gasteiger partial charge in [0.25, 0.3) is 5.91 Å². The number of rotatable bonds is 3. The van der Waals surface area contributed by atoms with Crippen LogP contribution in [0.15, 0.2) is 45.3 Å². The van der Waals surface area contributed by atoms with Crippen LogP contribution in [0.5, 0.6) is 0 Å². The lowest BCUT2D eigenvalue weighted by Gasteiger charge is -2.28. The summed E-state index contributed by atoms with van der Waals surface area (Å²) < 4.78 is 1.78. The van der Waals surface area contributed by atoms with E-state index in [1.54, 1.807) is 32.2 Å². The third-order valence-electron chi connectivity index (χ3n) is 4.46. The Morgan fingerprint density at radius 3 is 2.04 bits per heavy atom. The minimum absolute atomic E-state index is 0.320. The highest BCUT2D eigenvalue weighted by molar-refractivity contribution is 9.11. The Morgan fingerprint density at radius 2 is 1.50 bits per heavy atom. The molecule has 1 saturated heterocycles. The molecule has 0 aromatic heterocycles. The van der Waals surface area contributed by atoms with Crippen LogP contribution >= 0.6 is 55.1 Å². The molecule has 1 atom stereocenters. The largest absolute Gasteiger partial charge is 0.332 e. The molecular weight excluding hydrogens is 507 g/mol. The average Bonchev–Trinajstić information content (AvgIpc) is 2.66. The predicted molar refractivity (Wildman–Crippen MR) is 111 cm³/mol. The zero-order valence-corrected chi connectivity index (χ0v) is 18.6. The molecule has 0 spiro atoms. The van der Waals surface area contributed by atoms with Crippen LogP contribution in [-0.4, -0.2) is 29.4 Å². The van der Waals surface area contributed by atoms with E-state index >= 15 is 0 Å². The summed E-state index contributed by atoms with van der Waals surface area (Å²) in [5.41, 5.74) is 0.266. The normalized spacial score (nSPS) is 20.2. The second kappa shape index (κ2) is 7.15. The molecule has 1 heterocycles. The van der Waals surface area contributed by atoms with E-state index in [1.807, 2.05) is 18.2 Å². The molecule has 3 amide bonds. The van der Waals surface area contributed by atoms with Gasteiger partial charge in [-0.3, -0.25) is 4.79 Å². The van der Waals surface area contributed by atoms with Crippen molar-refractivity contribution in [3.63, 3.8) is 0 Å². The Morgan fingerprint density at radius 1 is 0.962 bits per heavy atom. The SMILES string of the molecule is CN1C(=O)N(c2cc(Cl)cc(Cl)c2)C(=O)C1(C)Cc1cc(Br)cc(Br)c1. The maximum absolute atomic E-state index is 13.2. The zero-order chi connectivity index (χ0) is 19.2. The standard InChI is InChI=1S/C18H14Br2Cl2N2O2/c1-18(9-10-3-11(19)5-12(20)4-10)16(25)24(17(26)23(18)2)15-7-13(21)6-14(22)8-15/h3-8H,9H2,1-2H3. The molecule has 2 aromatic carbocycles. The van der Waals surface area contributed by atoms with Gasteiger partial charge in [0.05, 0.1) is 5.69 Å². The number of urea groups is 1. The molecule has 3 rings (SSSR count). The molecule has 4 nitrogen and oxygen atoms in total. The zero-order valence-electron chi connectivity index (χ0n) is 13.9. The molecule has 1 fully saturated rings. The Labute approximate surface area is 178 Å². The molecule has 0 radical (unpaired) electrons. The Hall–Kier alpha value is -1.08. The number of imide groups is 1.